The van der Waals surface area contributed by atoms with E-state index in [1.165, 1.54) is 9.58 Å². The highest BCUT2D eigenvalue weighted by atomic mass is 19.3. The number of aromatic nitrogens is 2. The van der Waals surface area contributed by atoms with E-state index in [1.54, 1.807) is 17.2 Å². The van der Waals surface area contributed by atoms with Gasteiger partial charge in [0.05, 0.1) is 6.07 Å². The second-order valence-electron chi connectivity index (χ2n) is 6.64. The molecule has 1 saturated carbocycles. The van der Waals surface area contributed by atoms with E-state index in [0.29, 0.717) is 26.2 Å². The first-order valence-corrected chi connectivity index (χ1v) is 7.95. The molecule has 0 bridgehead atoms. The van der Waals surface area contributed by atoms with Gasteiger partial charge in [-0.2, -0.15) is 10.4 Å². The Hall–Kier alpha value is -2.76. The van der Waals surface area contributed by atoms with Crippen molar-refractivity contribution in [3.8, 4) is 6.07 Å². The van der Waals surface area contributed by atoms with Crippen molar-refractivity contribution in [2.75, 3.05) is 26.2 Å². The molecule has 0 spiro atoms. The van der Waals surface area contributed by atoms with E-state index in [9.17, 15) is 18.4 Å². The summed E-state index contributed by atoms with van der Waals surface area (Å²) in [4.78, 5) is 27.6. The predicted molar refractivity (Wildman–Crippen MR) is 80.4 cm³/mol. The summed E-state index contributed by atoms with van der Waals surface area (Å²) in [5.41, 5.74) is 2.16. The van der Waals surface area contributed by atoms with Crippen molar-refractivity contribution < 1.29 is 18.4 Å². The second-order valence-corrected chi connectivity index (χ2v) is 6.64. The third kappa shape index (κ3) is 2.67. The summed E-state index contributed by atoms with van der Waals surface area (Å²) in [6.45, 7) is 1.46. The van der Waals surface area contributed by atoms with Crippen LogP contribution in [0.4, 0.5) is 8.78 Å². The van der Waals surface area contributed by atoms with Gasteiger partial charge in [-0.25, -0.2) is 8.78 Å². The zero-order valence-corrected chi connectivity index (χ0v) is 13.3. The Morgan fingerprint density at radius 3 is 2.40 bits per heavy atom. The number of amides is 2. The van der Waals surface area contributed by atoms with Crippen molar-refractivity contribution in [2.45, 2.75) is 18.9 Å². The summed E-state index contributed by atoms with van der Waals surface area (Å²) in [6, 6.07) is 3.51. The smallest absolute Gasteiger partial charge is 0.274 e. The maximum atomic E-state index is 13.1. The molecule has 1 aromatic heterocycles. The van der Waals surface area contributed by atoms with E-state index in [1.807, 2.05) is 6.07 Å². The minimum Gasteiger partial charge on any atom is -0.334 e. The van der Waals surface area contributed by atoms with Gasteiger partial charge in [-0.3, -0.25) is 14.3 Å². The third-order valence-corrected chi connectivity index (χ3v) is 4.84. The van der Waals surface area contributed by atoms with Crippen molar-refractivity contribution in [3.63, 3.8) is 0 Å². The van der Waals surface area contributed by atoms with Crippen LogP contribution in [-0.4, -0.2) is 63.5 Å². The van der Waals surface area contributed by atoms with Crippen LogP contribution in [0.1, 0.15) is 16.9 Å². The van der Waals surface area contributed by atoms with E-state index in [2.05, 4.69) is 5.10 Å². The van der Waals surface area contributed by atoms with Gasteiger partial charge in [0, 0.05) is 38.8 Å². The van der Waals surface area contributed by atoms with Gasteiger partial charge < -0.3 is 9.80 Å². The predicted octanol–water partition coefficient (Wildman–Crippen LogP) is 0.656. The maximum Gasteiger partial charge on any atom is 0.274 e. The van der Waals surface area contributed by atoms with Crippen molar-refractivity contribution >= 4 is 11.8 Å². The van der Waals surface area contributed by atoms with Gasteiger partial charge in [0.2, 0.25) is 5.91 Å². The van der Waals surface area contributed by atoms with Crippen LogP contribution < -0.4 is 0 Å². The highest BCUT2D eigenvalue weighted by Gasteiger charge is 2.62. The van der Waals surface area contributed by atoms with E-state index in [0.717, 1.165) is 11.1 Å². The van der Waals surface area contributed by atoms with Crippen molar-refractivity contribution in [1.82, 2.24) is 19.6 Å². The zero-order chi connectivity index (χ0) is 17.8. The van der Waals surface area contributed by atoms with Gasteiger partial charge in [-0.15, -0.1) is 0 Å². The van der Waals surface area contributed by atoms with Crippen LogP contribution in [0.15, 0.2) is 23.4 Å². The topological polar surface area (TPSA) is 82.2 Å². The number of rotatable bonds is 3. The lowest BCUT2D eigenvalue weighted by atomic mass is 10.2. The number of hydrogen-bond acceptors (Lipinski definition) is 4. The molecule has 0 aromatic carbocycles. The van der Waals surface area contributed by atoms with Gasteiger partial charge in [-0.1, -0.05) is 0 Å². The summed E-state index contributed by atoms with van der Waals surface area (Å²) in [7, 11) is 0. The number of carbonyl (C=O) groups excluding carboxylic acids is 2. The standard InChI is InChI=1S/C16H15F2N5O2/c17-16(18)5-12(16)14(24)21-6-10-8-22(9-11(10)7-21)15(25)13-1-3-23(20-13)4-2-19/h1,3,12H,4-9H2. The molecule has 0 N–H and O–H groups in total. The number of nitriles is 1. The summed E-state index contributed by atoms with van der Waals surface area (Å²) >= 11 is 0. The molecule has 0 saturated heterocycles. The van der Waals surface area contributed by atoms with Crippen LogP contribution in [0.2, 0.25) is 0 Å². The van der Waals surface area contributed by atoms with Crippen LogP contribution in [0.3, 0.4) is 0 Å². The number of carbonyl (C=O) groups is 2. The van der Waals surface area contributed by atoms with Crippen LogP contribution in [-0.2, 0) is 11.3 Å². The minimum atomic E-state index is -2.85. The third-order valence-electron chi connectivity index (χ3n) is 4.84. The van der Waals surface area contributed by atoms with E-state index in [-0.39, 0.29) is 24.6 Å². The molecule has 1 unspecified atom stereocenters. The number of nitrogens with zero attached hydrogens (tertiary/aromatic N) is 5. The lowest BCUT2D eigenvalue weighted by Gasteiger charge is -2.22. The first-order chi connectivity index (χ1) is 11.9. The van der Waals surface area contributed by atoms with Crippen molar-refractivity contribution in [1.29, 1.82) is 5.26 Å². The molecular formula is C16H15F2N5O2. The van der Waals surface area contributed by atoms with Gasteiger partial charge >= 0.3 is 0 Å². The molecular weight excluding hydrogens is 332 g/mol. The lowest BCUT2D eigenvalue weighted by molar-refractivity contribution is -0.133. The summed E-state index contributed by atoms with van der Waals surface area (Å²) in [6.07, 6.45) is 1.22. The molecule has 1 aromatic rings. The molecule has 1 aliphatic carbocycles. The number of hydrogen-bond donors (Lipinski definition) is 0. The van der Waals surface area contributed by atoms with E-state index >= 15 is 0 Å². The summed E-state index contributed by atoms with van der Waals surface area (Å²) in [5.74, 6) is -4.76. The molecule has 130 valence electrons. The zero-order valence-electron chi connectivity index (χ0n) is 13.3. The molecule has 3 heterocycles. The molecule has 9 heteroatoms. The fourth-order valence-corrected chi connectivity index (χ4v) is 3.38. The Morgan fingerprint density at radius 1 is 1.24 bits per heavy atom. The number of alkyl halides is 2. The highest BCUT2D eigenvalue weighted by Crippen LogP contribution is 2.50. The van der Waals surface area contributed by atoms with Gasteiger partial charge in [0.25, 0.3) is 11.8 Å². The molecule has 7 nitrogen and oxygen atoms in total. The molecule has 25 heavy (non-hydrogen) atoms. The average Bonchev–Trinajstić information content (AvgIpc) is 3.00. The summed E-state index contributed by atoms with van der Waals surface area (Å²) in [5, 5.41) is 12.7. The molecule has 2 amide bonds. The minimum absolute atomic E-state index is 0.0743. The largest absolute Gasteiger partial charge is 0.334 e. The number of halogens is 2. The van der Waals surface area contributed by atoms with Crippen molar-refractivity contribution in [2.24, 2.45) is 5.92 Å². The van der Waals surface area contributed by atoms with Crippen molar-refractivity contribution in [3.05, 3.63) is 29.1 Å². The van der Waals surface area contributed by atoms with Gasteiger partial charge in [-0.05, 0) is 17.2 Å². The quantitative estimate of drug-likeness (QED) is 0.752. The summed E-state index contributed by atoms with van der Waals surface area (Å²) < 4.78 is 27.5. The maximum absolute atomic E-state index is 13.1. The molecule has 4 rings (SSSR count). The van der Waals surface area contributed by atoms with E-state index in [4.69, 9.17) is 5.26 Å². The van der Waals surface area contributed by atoms with Gasteiger partial charge in [0.15, 0.2) is 0 Å². The Bertz CT molecular complexity index is 820. The molecule has 3 aliphatic rings. The van der Waals surface area contributed by atoms with Crippen LogP contribution in [0.5, 0.6) is 0 Å². The molecule has 2 aliphatic heterocycles. The van der Waals surface area contributed by atoms with Crippen LogP contribution >= 0.6 is 0 Å². The molecule has 1 fully saturated rings. The van der Waals surface area contributed by atoms with Crippen LogP contribution in [0.25, 0.3) is 0 Å². The van der Waals surface area contributed by atoms with E-state index < -0.39 is 17.7 Å². The Morgan fingerprint density at radius 2 is 1.84 bits per heavy atom. The fraction of sp³-hybridized carbons (Fsp3) is 0.500. The second kappa shape index (κ2) is 5.37. The first-order valence-electron chi connectivity index (χ1n) is 7.95. The fourth-order valence-electron chi connectivity index (χ4n) is 3.38. The normalized spacial score (nSPS) is 23.6. The van der Waals surface area contributed by atoms with Gasteiger partial charge in [0.1, 0.15) is 18.2 Å². The SMILES string of the molecule is N#CCn1ccc(C(=O)N2CC3=C(C2)CN(C(=O)C2CC2(F)F)C3)n1. The lowest BCUT2D eigenvalue weighted by Crippen LogP contribution is -2.37. The molecule has 1 atom stereocenters. The Labute approximate surface area is 142 Å². The van der Waals surface area contributed by atoms with Crippen LogP contribution in [0, 0.1) is 17.2 Å². The highest BCUT2D eigenvalue weighted by molar-refractivity contribution is 5.93. The first kappa shape index (κ1) is 15.7. The monoisotopic (exact) mass is 347 g/mol. The Kier molecular flexibility index (Phi) is 3.39. The average molecular weight is 347 g/mol. The molecule has 0 radical (unpaired) electrons. The Balaban J connectivity index is 1.36.